The third-order valence-corrected chi connectivity index (χ3v) is 1.88. The fraction of sp³-hybridized carbons (Fsp3) is 0.200. The van der Waals surface area contributed by atoms with Gasteiger partial charge in [-0.1, -0.05) is 11.6 Å². The van der Waals surface area contributed by atoms with Crippen molar-refractivity contribution in [2.45, 2.75) is 13.3 Å². The molecule has 0 spiro atoms. The molecule has 1 aromatic rings. The summed E-state index contributed by atoms with van der Waals surface area (Å²) in [5, 5.41) is 9.06. The second-order valence-electron chi connectivity index (χ2n) is 3.03. The number of hydrogen-bond donors (Lipinski definition) is 1. The maximum atomic E-state index is 10.8. The molecule has 0 aliphatic rings. The van der Waals surface area contributed by atoms with Gasteiger partial charge < -0.3 is 5.11 Å². The summed E-state index contributed by atoms with van der Waals surface area (Å²) in [4.78, 5) is 21.5. The van der Waals surface area contributed by atoms with Crippen LogP contribution in [0.25, 0.3) is 0 Å². The summed E-state index contributed by atoms with van der Waals surface area (Å²) in [6, 6.07) is 4.40. The second kappa shape index (κ2) is 4.24. The highest BCUT2D eigenvalue weighted by atomic mass is 35.5. The van der Waals surface area contributed by atoms with E-state index in [2.05, 4.69) is 0 Å². The van der Waals surface area contributed by atoms with Crippen molar-refractivity contribution < 1.29 is 14.7 Å². The van der Waals surface area contributed by atoms with Crippen molar-refractivity contribution >= 4 is 23.4 Å². The Morgan fingerprint density at radius 3 is 2.50 bits per heavy atom. The average Bonchev–Trinajstić information content (AvgIpc) is 2.01. The average molecular weight is 213 g/mol. The molecular formula is C10H9ClO3. The molecule has 0 saturated carbocycles. The summed E-state index contributed by atoms with van der Waals surface area (Å²) in [5.41, 5.74) is 0.733. The monoisotopic (exact) mass is 212 g/mol. The number of aromatic carboxylic acids is 1. The summed E-state index contributed by atoms with van der Waals surface area (Å²) in [6.45, 7) is 1.45. The topological polar surface area (TPSA) is 54.4 Å². The van der Waals surface area contributed by atoms with Gasteiger partial charge in [0, 0.05) is 11.4 Å². The van der Waals surface area contributed by atoms with Crippen molar-refractivity contribution in [1.29, 1.82) is 0 Å². The molecule has 3 nitrogen and oxygen atoms in total. The van der Waals surface area contributed by atoms with Gasteiger partial charge in [-0.05, 0) is 30.7 Å². The zero-order valence-electron chi connectivity index (χ0n) is 7.58. The van der Waals surface area contributed by atoms with E-state index in [0.717, 1.165) is 0 Å². The van der Waals surface area contributed by atoms with Crippen LogP contribution in [0.2, 0.25) is 5.02 Å². The predicted molar refractivity (Wildman–Crippen MR) is 52.8 cm³/mol. The van der Waals surface area contributed by atoms with Crippen LogP contribution in [-0.4, -0.2) is 16.9 Å². The highest BCUT2D eigenvalue weighted by Crippen LogP contribution is 2.15. The summed E-state index contributed by atoms with van der Waals surface area (Å²) >= 11 is 5.70. The number of carbonyl (C=O) groups excluding carboxylic acids is 1. The highest BCUT2D eigenvalue weighted by molar-refractivity contribution is 6.31. The maximum Gasteiger partial charge on any atom is 0.335 e. The van der Waals surface area contributed by atoms with E-state index in [9.17, 15) is 9.59 Å². The maximum absolute atomic E-state index is 10.8. The third-order valence-electron chi connectivity index (χ3n) is 1.66. The van der Waals surface area contributed by atoms with Crippen molar-refractivity contribution in [3.8, 4) is 0 Å². The zero-order chi connectivity index (χ0) is 10.7. The Kier molecular flexibility index (Phi) is 3.25. The van der Waals surface area contributed by atoms with E-state index in [0.29, 0.717) is 10.6 Å². The largest absolute Gasteiger partial charge is 0.478 e. The summed E-state index contributed by atoms with van der Waals surface area (Å²) < 4.78 is 0. The van der Waals surface area contributed by atoms with E-state index in [-0.39, 0.29) is 17.8 Å². The number of Topliss-reactive ketones (excluding diaryl/α,β-unsaturated/α-hetero) is 1. The molecule has 0 aliphatic carbocycles. The second-order valence-corrected chi connectivity index (χ2v) is 3.47. The quantitative estimate of drug-likeness (QED) is 0.836. The predicted octanol–water partition coefficient (Wildman–Crippen LogP) is 2.17. The Hall–Kier alpha value is -1.35. The Balaban J connectivity index is 3.07. The molecule has 0 heterocycles. The van der Waals surface area contributed by atoms with Gasteiger partial charge in [0.15, 0.2) is 0 Å². The highest BCUT2D eigenvalue weighted by Gasteiger charge is 2.07. The lowest BCUT2D eigenvalue weighted by Gasteiger charge is -2.01. The molecule has 1 rings (SSSR count). The Morgan fingerprint density at radius 2 is 2.00 bits per heavy atom. The first-order valence-electron chi connectivity index (χ1n) is 4.01. The van der Waals surface area contributed by atoms with E-state index < -0.39 is 5.97 Å². The lowest BCUT2D eigenvalue weighted by atomic mass is 10.1. The van der Waals surface area contributed by atoms with Crippen LogP contribution in [-0.2, 0) is 11.2 Å². The molecule has 0 bridgehead atoms. The molecule has 74 valence electrons. The van der Waals surface area contributed by atoms with Crippen LogP contribution in [0.15, 0.2) is 18.2 Å². The number of rotatable bonds is 3. The molecule has 0 aliphatic heterocycles. The number of carboxylic acids is 1. The normalized spacial score (nSPS) is 9.86. The van der Waals surface area contributed by atoms with Crippen molar-refractivity contribution in [3.05, 3.63) is 34.3 Å². The molecular weight excluding hydrogens is 204 g/mol. The van der Waals surface area contributed by atoms with Gasteiger partial charge in [-0.25, -0.2) is 4.79 Å². The van der Waals surface area contributed by atoms with Crippen molar-refractivity contribution in [2.24, 2.45) is 0 Å². The number of carbonyl (C=O) groups is 2. The number of ketones is 1. The van der Waals surface area contributed by atoms with E-state index in [1.54, 1.807) is 6.07 Å². The van der Waals surface area contributed by atoms with E-state index >= 15 is 0 Å². The number of benzene rings is 1. The van der Waals surface area contributed by atoms with Crippen LogP contribution in [0.5, 0.6) is 0 Å². The molecule has 1 aromatic carbocycles. The summed E-state index contributed by atoms with van der Waals surface area (Å²) in [7, 11) is 0. The van der Waals surface area contributed by atoms with Crippen LogP contribution in [0.4, 0.5) is 0 Å². The Bertz CT molecular complexity index is 385. The molecule has 0 aromatic heterocycles. The summed E-state index contributed by atoms with van der Waals surface area (Å²) in [5.74, 6) is -1.07. The zero-order valence-corrected chi connectivity index (χ0v) is 8.34. The van der Waals surface area contributed by atoms with Crippen LogP contribution in [0.3, 0.4) is 0 Å². The van der Waals surface area contributed by atoms with Gasteiger partial charge in [0.25, 0.3) is 0 Å². The van der Waals surface area contributed by atoms with Crippen molar-refractivity contribution in [3.63, 3.8) is 0 Å². The smallest absolute Gasteiger partial charge is 0.335 e. The first-order chi connectivity index (χ1) is 6.49. The minimum absolute atomic E-state index is 0.0244. The Labute approximate surface area is 86.3 Å². The van der Waals surface area contributed by atoms with E-state index in [1.807, 2.05) is 0 Å². The van der Waals surface area contributed by atoms with Crippen LogP contribution >= 0.6 is 11.6 Å². The standard InChI is InChI=1S/C10H9ClO3/c1-6(12)2-7-3-8(10(13)14)5-9(11)4-7/h3-5H,2H2,1H3,(H,13,14). The summed E-state index contributed by atoms with van der Waals surface area (Å²) in [6.07, 6.45) is 0.209. The minimum atomic E-state index is -1.04. The van der Waals surface area contributed by atoms with Crippen molar-refractivity contribution in [1.82, 2.24) is 0 Å². The van der Waals surface area contributed by atoms with E-state index in [1.165, 1.54) is 19.1 Å². The van der Waals surface area contributed by atoms with Crippen LogP contribution in [0, 0.1) is 0 Å². The third kappa shape index (κ3) is 2.85. The van der Waals surface area contributed by atoms with Gasteiger partial charge in [0.1, 0.15) is 5.78 Å². The molecule has 4 heteroatoms. The lowest BCUT2D eigenvalue weighted by molar-refractivity contribution is -0.116. The van der Waals surface area contributed by atoms with Gasteiger partial charge in [0.2, 0.25) is 0 Å². The van der Waals surface area contributed by atoms with Crippen molar-refractivity contribution in [2.75, 3.05) is 0 Å². The van der Waals surface area contributed by atoms with Gasteiger partial charge in [-0.3, -0.25) is 4.79 Å². The first kappa shape index (κ1) is 10.7. The fourth-order valence-electron chi connectivity index (χ4n) is 1.16. The molecule has 0 amide bonds. The first-order valence-corrected chi connectivity index (χ1v) is 4.39. The minimum Gasteiger partial charge on any atom is -0.478 e. The van der Waals surface area contributed by atoms with Gasteiger partial charge in [-0.2, -0.15) is 0 Å². The Morgan fingerprint density at radius 1 is 1.36 bits per heavy atom. The van der Waals surface area contributed by atoms with Gasteiger partial charge >= 0.3 is 5.97 Å². The van der Waals surface area contributed by atoms with Gasteiger partial charge in [-0.15, -0.1) is 0 Å². The molecule has 0 saturated heterocycles. The number of hydrogen-bond acceptors (Lipinski definition) is 2. The number of halogens is 1. The SMILES string of the molecule is CC(=O)Cc1cc(Cl)cc(C(=O)O)c1. The molecule has 0 fully saturated rings. The molecule has 0 atom stereocenters. The molecule has 14 heavy (non-hydrogen) atoms. The lowest BCUT2D eigenvalue weighted by Crippen LogP contribution is -2.01. The van der Waals surface area contributed by atoms with Crippen LogP contribution < -0.4 is 0 Å². The fourth-order valence-corrected chi connectivity index (χ4v) is 1.42. The molecule has 0 radical (unpaired) electrons. The molecule has 1 N–H and O–H groups in total. The van der Waals surface area contributed by atoms with Gasteiger partial charge in [0.05, 0.1) is 5.56 Å². The molecule has 0 unspecified atom stereocenters. The number of carboxylic acid groups (broad SMARTS) is 1. The van der Waals surface area contributed by atoms with Crippen LogP contribution in [0.1, 0.15) is 22.8 Å². The van der Waals surface area contributed by atoms with E-state index in [4.69, 9.17) is 16.7 Å².